The smallest absolute Gasteiger partial charge is 0.326 e. The summed E-state index contributed by atoms with van der Waals surface area (Å²) in [5.41, 5.74) is 6.65. The quantitative estimate of drug-likeness (QED) is 0.126. The fourth-order valence-electron chi connectivity index (χ4n) is 3.34. The Bertz CT molecular complexity index is 948. The van der Waals surface area contributed by atoms with Gasteiger partial charge in [0, 0.05) is 6.42 Å². The van der Waals surface area contributed by atoms with E-state index >= 15 is 0 Å². The molecule has 3 amide bonds. The molecule has 0 aliphatic carbocycles. The third kappa shape index (κ3) is 12.5. The molecule has 0 radical (unpaired) electrons. The highest BCUT2D eigenvalue weighted by molar-refractivity contribution is 7.98. The molecular weight excluding hydrogens is 536 g/mol. The minimum atomic E-state index is -1.29. The first-order valence-corrected chi connectivity index (χ1v) is 14.6. The van der Waals surface area contributed by atoms with Crippen molar-refractivity contribution in [1.82, 2.24) is 16.0 Å². The van der Waals surface area contributed by atoms with Crippen molar-refractivity contribution in [2.75, 3.05) is 24.0 Å². The molecule has 0 heterocycles. The van der Waals surface area contributed by atoms with Crippen LogP contribution in [0.1, 0.15) is 31.2 Å². The number of amides is 3. The van der Waals surface area contributed by atoms with Gasteiger partial charge in [-0.3, -0.25) is 19.2 Å². The zero-order valence-corrected chi connectivity index (χ0v) is 23.0. The normalized spacial score (nSPS) is 14.0. The second kappa shape index (κ2) is 17.5. The number of carbonyl (C=O) groups excluding carboxylic acids is 3. The number of thioether (sulfide) groups is 2. The Balaban J connectivity index is 2.96. The van der Waals surface area contributed by atoms with Crippen molar-refractivity contribution in [2.24, 2.45) is 5.73 Å². The summed E-state index contributed by atoms with van der Waals surface area (Å²) in [7, 11) is 0. The maximum absolute atomic E-state index is 13.1. The molecule has 14 heteroatoms. The summed E-state index contributed by atoms with van der Waals surface area (Å²) >= 11 is 2.85. The summed E-state index contributed by atoms with van der Waals surface area (Å²) in [5, 5.41) is 35.4. The van der Waals surface area contributed by atoms with Crippen LogP contribution in [0.15, 0.2) is 24.3 Å². The molecular formula is C24H36N4O8S2. The number of phenols is 1. The molecule has 212 valence electrons. The number of rotatable bonds is 18. The van der Waals surface area contributed by atoms with Crippen LogP contribution in [0.25, 0.3) is 0 Å². The van der Waals surface area contributed by atoms with Gasteiger partial charge in [0.05, 0.1) is 6.04 Å². The Morgan fingerprint density at radius 2 is 1.26 bits per heavy atom. The van der Waals surface area contributed by atoms with E-state index in [1.54, 1.807) is 18.4 Å². The number of nitrogens with one attached hydrogen (secondary N) is 3. The standard InChI is InChI=1S/C24H36N4O8S2/c1-37-11-9-18(23(34)28-19(24(35)36)10-12-38-2)27-22(33)17(7-8-20(30)31)26-21(32)16(25)13-14-3-5-15(29)6-4-14/h3-6,16-19,29H,7-13,25H2,1-2H3,(H,26,32)(H,27,33)(H,28,34)(H,30,31)(H,35,36). The van der Waals surface area contributed by atoms with Gasteiger partial charge >= 0.3 is 11.9 Å². The van der Waals surface area contributed by atoms with Crippen LogP contribution in [0, 0.1) is 0 Å². The summed E-state index contributed by atoms with van der Waals surface area (Å²) in [6.45, 7) is 0. The SMILES string of the molecule is CSCCC(NC(=O)C(CCSC)NC(=O)C(CCC(=O)O)NC(=O)C(N)Cc1ccc(O)cc1)C(=O)O. The first kappa shape index (κ1) is 33.1. The number of carboxylic acids is 2. The summed E-state index contributed by atoms with van der Waals surface area (Å²) in [4.78, 5) is 61.4. The third-order valence-electron chi connectivity index (χ3n) is 5.48. The Morgan fingerprint density at radius 3 is 1.76 bits per heavy atom. The largest absolute Gasteiger partial charge is 0.508 e. The maximum atomic E-state index is 13.1. The van der Waals surface area contributed by atoms with E-state index in [0.717, 1.165) is 0 Å². The highest BCUT2D eigenvalue weighted by atomic mass is 32.2. The lowest BCUT2D eigenvalue weighted by Crippen LogP contribution is -2.57. The molecule has 1 aromatic carbocycles. The number of hydrogen-bond acceptors (Lipinski definition) is 9. The van der Waals surface area contributed by atoms with E-state index in [1.807, 2.05) is 6.26 Å². The fourth-order valence-corrected chi connectivity index (χ4v) is 4.28. The Hall–Kier alpha value is -2.97. The van der Waals surface area contributed by atoms with Gasteiger partial charge < -0.3 is 37.0 Å². The molecule has 0 fully saturated rings. The molecule has 4 atom stereocenters. The Kier molecular flexibility index (Phi) is 15.2. The molecule has 8 N–H and O–H groups in total. The van der Waals surface area contributed by atoms with Gasteiger partial charge in [0.2, 0.25) is 17.7 Å². The summed E-state index contributed by atoms with van der Waals surface area (Å²) in [5.74, 6) is -3.51. The predicted octanol–water partition coefficient (Wildman–Crippen LogP) is 0.172. The molecule has 0 spiro atoms. The van der Waals surface area contributed by atoms with Gasteiger partial charge in [-0.1, -0.05) is 12.1 Å². The van der Waals surface area contributed by atoms with Gasteiger partial charge in [-0.2, -0.15) is 23.5 Å². The van der Waals surface area contributed by atoms with Crippen molar-refractivity contribution in [3.05, 3.63) is 29.8 Å². The van der Waals surface area contributed by atoms with Gasteiger partial charge in [-0.05, 0) is 67.4 Å². The molecule has 0 saturated carbocycles. The predicted molar refractivity (Wildman–Crippen MR) is 146 cm³/mol. The molecule has 0 saturated heterocycles. The number of aliphatic carboxylic acids is 2. The molecule has 38 heavy (non-hydrogen) atoms. The summed E-state index contributed by atoms with van der Waals surface area (Å²) in [6, 6.07) is 1.48. The van der Waals surface area contributed by atoms with Crippen molar-refractivity contribution in [3.8, 4) is 5.75 Å². The Labute approximate surface area is 229 Å². The zero-order valence-electron chi connectivity index (χ0n) is 21.3. The third-order valence-corrected chi connectivity index (χ3v) is 6.77. The monoisotopic (exact) mass is 572 g/mol. The van der Waals surface area contributed by atoms with Crippen molar-refractivity contribution in [2.45, 2.75) is 56.3 Å². The van der Waals surface area contributed by atoms with E-state index in [1.165, 1.54) is 35.7 Å². The van der Waals surface area contributed by atoms with E-state index in [-0.39, 0.29) is 31.4 Å². The molecule has 0 aliphatic rings. The lowest BCUT2D eigenvalue weighted by Gasteiger charge is -2.25. The van der Waals surface area contributed by atoms with E-state index in [9.17, 15) is 34.2 Å². The van der Waals surface area contributed by atoms with Crippen LogP contribution in [0.2, 0.25) is 0 Å². The van der Waals surface area contributed by atoms with Gasteiger partial charge in [0.1, 0.15) is 23.9 Å². The number of carbonyl (C=O) groups is 5. The summed E-state index contributed by atoms with van der Waals surface area (Å²) in [6.07, 6.45) is 3.43. The highest BCUT2D eigenvalue weighted by Gasteiger charge is 2.30. The van der Waals surface area contributed by atoms with Crippen molar-refractivity contribution < 1.29 is 39.3 Å². The van der Waals surface area contributed by atoms with Crippen LogP contribution < -0.4 is 21.7 Å². The van der Waals surface area contributed by atoms with Crippen LogP contribution >= 0.6 is 23.5 Å². The van der Waals surface area contributed by atoms with Gasteiger partial charge in [0.15, 0.2) is 0 Å². The summed E-state index contributed by atoms with van der Waals surface area (Å²) < 4.78 is 0. The van der Waals surface area contributed by atoms with Gasteiger partial charge in [-0.15, -0.1) is 0 Å². The number of benzene rings is 1. The second-order valence-electron chi connectivity index (χ2n) is 8.49. The average molecular weight is 573 g/mol. The molecule has 1 aromatic rings. The number of aromatic hydroxyl groups is 1. The number of phenolic OH excluding ortho intramolecular Hbond substituents is 1. The molecule has 4 unspecified atom stereocenters. The van der Waals surface area contributed by atoms with E-state index in [4.69, 9.17) is 10.8 Å². The lowest BCUT2D eigenvalue weighted by atomic mass is 10.0. The number of hydrogen-bond donors (Lipinski definition) is 7. The topological polar surface area (TPSA) is 208 Å². The van der Waals surface area contributed by atoms with Crippen molar-refractivity contribution in [3.63, 3.8) is 0 Å². The average Bonchev–Trinajstić information content (AvgIpc) is 2.87. The second-order valence-corrected chi connectivity index (χ2v) is 10.5. The van der Waals surface area contributed by atoms with Gasteiger partial charge in [-0.25, -0.2) is 4.79 Å². The van der Waals surface area contributed by atoms with Crippen LogP contribution in [-0.2, 0) is 30.4 Å². The van der Waals surface area contributed by atoms with Crippen LogP contribution in [0.5, 0.6) is 5.75 Å². The fraction of sp³-hybridized carbons (Fsp3) is 0.542. The minimum absolute atomic E-state index is 0.0520. The first-order valence-electron chi connectivity index (χ1n) is 11.9. The molecule has 12 nitrogen and oxygen atoms in total. The Morgan fingerprint density at radius 1 is 0.789 bits per heavy atom. The molecule has 1 rings (SSSR count). The lowest BCUT2D eigenvalue weighted by molar-refractivity contribution is -0.142. The zero-order chi connectivity index (χ0) is 28.7. The minimum Gasteiger partial charge on any atom is -0.508 e. The van der Waals surface area contributed by atoms with Crippen LogP contribution in [-0.4, -0.2) is 93.2 Å². The van der Waals surface area contributed by atoms with Gasteiger partial charge in [0.25, 0.3) is 0 Å². The van der Waals surface area contributed by atoms with E-state index in [0.29, 0.717) is 17.1 Å². The maximum Gasteiger partial charge on any atom is 0.326 e. The van der Waals surface area contributed by atoms with Crippen LogP contribution in [0.3, 0.4) is 0 Å². The van der Waals surface area contributed by atoms with E-state index < -0.39 is 60.2 Å². The number of carboxylic acid groups (broad SMARTS) is 2. The van der Waals surface area contributed by atoms with Crippen LogP contribution in [0.4, 0.5) is 0 Å². The molecule has 0 aliphatic heterocycles. The van der Waals surface area contributed by atoms with Crippen molar-refractivity contribution in [1.29, 1.82) is 0 Å². The van der Waals surface area contributed by atoms with Crippen molar-refractivity contribution >= 4 is 53.2 Å². The van der Waals surface area contributed by atoms with E-state index in [2.05, 4.69) is 16.0 Å². The molecule has 0 aromatic heterocycles. The molecule has 0 bridgehead atoms. The number of nitrogens with two attached hydrogens (primary N) is 1. The first-order chi connectivity index (χ1) is 18.0. The highest BCUT2D eigenvalue weighted by Crippen LogP contribution is 2.11.